The summed E-state index contributed by atoms with van der Waals surface area (Å²) < 4.78 is 5.39. The van der Waals surface area contributed by atoms with Gasteiger partial charge >= 0.3 is 6.03 Å². The topological polar surface area (TPSA) is 84.5 Å². The highest BCUT2D eigenvalue weighted by molar-refractivity contribution is 6.32. The maximum Gasteiger partial charge on any atom is 0.321 e. The molecule has 0 saturated carbocycles. The third-order valence-electron chi connectivity index (χ3n) is 2.59. The van der Waals surface area contributed by atoms with Gasteiger partial charge in [-0.05, 0) is 39.0 Å². The molecule has 21 heavy (non-hydrogen) atoms. The van der Waals surface area contributed by atoms with Gasteiger partial charge in [0, 0.05) is 12.1 Å². The molecule has 2 N–H and O–H groups in total. The monoisotopic (exact) mass is 312 g/mol. The molecule has 0 aromatic heterocycles. The molecule has 0 bridgehead atoms. The Morgan fingerprint density at radius 1 is 1.33 bits per heavy atom. The van der Waals surface area contributed by atoms with Crippen LogP contribution in [-0.4, -0.2) is 30.4 Å². The number of imide groups is 1. The highest BCUT2D eigenvalue weighted by atomic mass is 35.5. The molecule has 114 valence electrons. The zero-order valence-electron chi connectivity index (χ0n) is 12.0. The van der Waals surface area contributed by atoms with Crippen LogP contribution in [0.4, 0.5) is 4.79 Å². The molecule has 0 fully saturated rings. The fourth-order valence-corrected chi connectivity index (χ4v) is 1.70. The number of Topliss-reactive ketones (excluding diaryl/α,β-unsaturated/α-hetero) is 1. The van der Waals surface area contributed by atoms with Crippen molar-refractivity contribution in [3.8, 4) is 5.75 Å². The van der Waals surface area contributed by atoms with Crippen LogP contribution in [0.2, 0.25) is 5.02 Å². The maximum absolute atomic E-state index is 11.7. The average Bonchev–Trinajstić information content (AvgIpc) is 2.40. The standard InChI is InChI=1S/C14H17ClN2O4/c1-4-16-14(20)17-13(19)9(3)21-12-6-5-10(8(2)18)7-11(12)15/h5-7,9H,4H2,1-3H3,(H2,16,17,19,20). The summed E-state index contributed by atoms with van der Waals surface area (Å²) >= 11 is 5.99. The molecule has 1 aromatic rings. The van der Waals surface area contributed by atoms with Gasteiger partial charge in [0.15, 0.2) is 11.9 Å². The molecule has 1 rings (SSSR count). The fraction of sp³-hybridized carbons (Fsp3) is 0.357. The van der Waals surface area contributed by atoms with Crippen LogP contribution in [0.3, 0.4) is 0 Å². The summed E-state index contributed by atoms with van der Waals surface area (Å²) in [5.74, 6) is -0.446. The molecule has 1 unspecified atom stereocenters. The van der Waals surface area contributed by atoms with Crippen molar-refractivity contribution >= 4 is 29.3 Å². The Hall–Kier alpha value is -2.08. The number of ketones is 1. The van der Waals surface area contributed by atoms with Crippen molar-refractivity contribution in [1.29, 1.82) is 0 Å². The summed E-state index contributed by atoms with van der Waals surface area (Å²) in [6.45, 7) is 5.06. The fourth-order valence-electron chi connectivity index (χ4n) is 1.48. The normalized spacial score (nSPS) is 11.4. The summed E-state index contributed by atoms with van der Waals surface area (Å²) in [5, 5.41) is 4.80. The quantitative estimate of drug-likeness (QED) is 0.816. The van der Waals surface area contributed by atoms with E-state index in [-0.39, 0.29) is 16.6 Å². The number of carbonyl (C=O) groups is 3. The van der Waals surface area contributed by atoms with Gasteiger partial charge < -0.3 is 10.1 Å². The van der Waals surface area contributed by atoms with Gasteiger partial charge in [-0.2, -0.15) is 0 Å². The maximum atomic E-state index is 11.7. The van der Waals surface area contributed by atoms with E-state index in [4.69, 9.17) is 16.3 Å². The van der Waals surface area contributed by atoms with Crippen molar-refractivity contribution in [2.45, 2.75) is 26.9 Å². The van der Waals surface area contributed by atoms with E-state index in [1.165, 1.54) is 26.0 Å². The molecule has 0 heterocycles. The molecule has 1 atom stereocenters. The van der Waals surface area contributed by atoms with E-state index < -0.39 is 18.0 Å². The van der Waals surface area contributed by atoms with Crippen LogP contribution < -0.4 is 15.4 Å². The first kappa shape index (κ1) is 17.0. The van der Waals surface area contributed by atoms with E-state index in [9.17, 15) is 14.4 Å². The average molecular weight is 313 g/mol. The van der Waals surface area contributed by atoms with Gasteiger partial charge in [0.25, 0.3) is 5.91 Å². The lowest BCUT2D eigenvalue weighted by atomic mass is 10.1. The molecule has 0 aliphatic rings. The summed E-state index contributed by atoms with van der Waals surface area (Å²) in [4.78, 5) is 34.2. The molecular formula is C14H17ClN2O4. The SMILES string of the molecule is CCNC(=O)NC(=O)C(C)Oc1ccc(C(C)=O)cc1Cl. The molecule has 0 aliphatic carbocycles. The zero-order chi connectivity index (χ0) is 16.0. The zero-order valence-corrected chi connectivity index (χ0v) is 12.8. The Kier molecular flexibility index (Phi) is 6.17. The lowest BCUT2D eigenvalue weighted by Gasteiger charge is -2.15. The first-order chi connectivity index (χ1) is 9.85. The number of benzene rings is 1. The first-order valence-electron chi connectivity index (χ1n) is 6.41. The van der Waals surface area contributed by atoms with E-state index in [0.29, 0.717) is 12.1 Å². The highest BCUT2D eigenvalue weighted by Crippen LogP contribution is 2.26. The van der Waals surface area contributed by atoms with Crippen molar-refractivity contribution in [2.24, 2.45) is 0 Å². The Morgan fingerprint density at radius 2 is 2.00 bits per heavy atom. The van der Waals surface area contributed by atoms with Gasteiger partial charge in [-0.1, -0.05) is 11.6 Å². The summed E-state index contributed by atoms with van der Waals surface area (Å²) in [6, 6.07) is 3.94. The van der Waals surface area contributed by atoms with Crippen molar-refractivity contribution in [2.75, 3.05) is 6.54 Å². The van der Waals surface area contributed by atoms with E-state index in [0.717, 1.165) is 0 Å². The van der Waals surface area contributed by atoms with Crippen LogP contribution in [0.25, 0.3) is 0 Å². The number of urea groups is 1. The minimum atomic E-state index is -0.909. The minimum Gasteiger partial charge on any atom is -0.479 e. The second kappa shape index (κ2) is 7.64. The number of halogens is 1. The smallest absolute Gasteiger partial charge is 0.321 e. The van der Waals surface area contributed by atoms with Crippen molar-refractivity contribution < 1.29 is 19.1 Å². The van der Waals surface area contributed by atoms with Gasteiger partial charge in [-0.15, -0.1) is 0 Å². The number of rotatable bonds is 5. The summed E-state index contributed by atoms with van der Waals surface area (Å²) in [5.41, 5.74) is 0.451. The number of hydrogen-bond acceptors (Lipinski definition) is 4. The van der Waals surface area contributed by atoms with Crippen LogP contribution in [0.5, 0.6) is 5.75 Å². The predicted octanol–water partition coefficient (Wildman–Crippen LogP) is 2.16. The van der Waals surface area contributed by atoms with Gasteiger partial charge in [-0.3, -0.25) is 14.9 Å². The number of hydrogen-bond donors (Lipinski definition) is 2. The highest BCUT2D eigenvalue weighted by Gasteiger charge is 2.18. The summed E-state index contributed by atoms with van der Waals surface area (Å²) in [7, 11) is 0. The Morgan fingerprint density at radius 3 is 2.52 bits per heavy atom. The van der Waals surface area contributed by atoms with Crippen molar-refractivity contribution in [3.63, 3.8) is 0 Å². The number of nitrogens with one attached hydrogen (secondary N) is 2. The molecular weight excluding hydrogens is 296 g/mol. The van der Waals surface area contributed by atoms with Crippen LogP contribution in [-0.2, 0) is 4.79 Å². The molecule has 0 saturated heterocycles. The van der Waals surface area contributed by atoms with Crippen molar-refractivity contribution in [3.05, 3.63) is 28.8 Å². The summed E-state index contributed by atoms with van der Waals surface area (Å²) in [6.07, 6.45) is -0.909. The minimum absolute atomic E-state index is 0.120. The predicted molar refractivity (Wildman–Crippen MR) is 78.8 cm³/mol. The van der Waals surface area contributed by atoms with E-state index in [2.05, 4.69) is 10.6 Å². The van der Waals surface area contributed by atoms with Crippen LogP contribution >= 0.6 is 11.6 Å². The molecule has 7 heteroatoms. The third kappa shape index (κ3) is 5.07. The lowest BCUT2D eigenvalue weighted by molar-refractivity contribution is -0.126. The molecule has 6 nitrogen and oxygen atoms in total. The van der Waals surface area contributed by atoms with Crippen LogP contribution in [0, 0.1) is 0 Å². The molecule has 0 radical (unpaired) electrons. The molecule has 0 aliphatic heterocycles. The Labute approximate surface area is 127 Å². The largest absolute Gasteiger partial charge is 0.479 e. The third-order valence-corrected chi connectivity index (χ3v) is 2.88. The van der Waals surface area contributed by atoms with Crippen molar-refractivity contribution in [1.82, 2.24) is 10.6 Å². The van der Waals surface area contributed by atoms with E-state index >= 15 is 0 Å². The first-order valence-corrected chi connectivity index (χ1v) is 6.78. The number of amides is 3. The van der Waals surface area contributed by atoms with Crippen LogP contribution in [0.15, 0.2) is 18.2 Å². The lowest BCUT2D eigenvalue weighted by Crippen LogP contribution is -2.45. The van der Waals surface area contributed by atoms with E-state index in [1.807, 2.05) is 0 Å². The molecule has 0 spiro atoms. The Bertz CT molecular complexity index is 560. The van der Waals surface area contributed by atoms with E-state index in [1.54, 1.807) is 13.0 Å². The van der Waals surface area contributed by atoms with Gasteiger partial charge in [0.05, 0.1) is 5.02 Å². The molecule has 3 amide bonds. The second-order valence-corrected chi connectivity index (χ2v) is 4.72. The number of ether oxygens (including phenoxy) is 1. The molecule has 1 aromatic carbocycles. The van der Waals surface area contributed by atoms with Gasteiger partial charge in [0.2, 0.25) is 0 Å². The van der Waals surface area contributed by atoms with Gasteiger partial charge in [0.1, 0.15) is 5.75 Å². The van der Waals surface area contributed by atoms with Gasteiger partial charge in [-0.25, -0.2) is 4.79 Å². The second-order valence-electron chi connectivity index (χ2n) is 4.31. The Balaban J connectivity index is 2.70. The number of carbonyl (C=O) groups excluding carboxylic acids is 3. The van der Waals surface area contributed by atoms with Crippen LogP contribution in [0.1, 0.15) is 31.1 Å².